The fourth-order valence-corrected chi connectivity index (χ4v) is 3.07. The largest absolute Gasteiger partial charge is 0.0827 e. The summed E-state index contributed by atoms with van der Waals surface area (Å²) in [6.45, 7) is 4.31. The molecule has 22 heavy (non-hydrogen) atoms. The van der Waals surface area contributed by atoms with E-state index in [9.17, 15) is 0 Å². The van der Waals surface area contributed by atoms with Crippen LogP contribution in [0.15, 0.2) is 36.4 Å². The van der Waals surface area contributed by atoms with Crippen LogP contribution in [0.2, 0.25) is 20.1 Å². The van der Waals surface area contributed by atoms with Crippen LogP contribution in [0.4, 0.5) is 0 Å². The van der Waals surface area contributed by atoms with Crippen molar-refractivity contribution in [2.75, 3.05) is 0 Å². The first-order chi connectivity index (χ1) is 10.4. The zero-order chi connectivity index (χ0) is 16.3. The molecule has 0 spiro atoms. The van der Waals surface area contributed by atoms with E-state index in [4.69, 9.17) is 46.4 Å². The van der Waals surface area contributed by atoms with Gasteiger partial charge in [0.2, 0.25) is 0 Å². The van der Waals surface area contributed by atoms with E-state index in [1.807, 2.05) is 36.4 Å². The number of rotatable bonds is 5. The van der Waals surface area contributed by atoms with E-state index in [1.165, 1.54) is 0 Å². The third-order valence-corrected chi connectivity index (χ3v) is 5.36. The Bertz CT molecular complexity index is 613. The molecule has 0 aliphatic heterocycles. The fourth-order valence-electron chi connectivity index (χ4n) is 2.47. The monoisotopic (exact) mass is 373 g/mol. The Hall–Kier alpha value is -0.400. The summed E-state index contributed by atoms with van der Waals surface area (Å²) in [6.07, 6.45) is 4.33. The third kappa shape index (κ3) is 3.74. The fraction of sp³-hybridized carbons (Fsp3) is 0.278. The zero-order valence-electron chi connectivity index (χ0n) is 12.5. The van der Waals surface area contributed by atoms with Crippen molar-refractivity contribution < 1.29 is 0 Å². The van der Waals surface area contributed by atoms with Crippen LogP contribution < -0.4 is 0 Å². The average molecular weight is 375 g/mol. The second-order valence-corrected chi connectivity index (χ2v) is 7.08. The molecule has 0 saturated carbocycles. The van der Waals surface area contributed by atoms with Gasteiger partial charge in [0.15, 0.2) is 0 Å². The molecular weight excluding hydrogens is 358 g/mol. The lowest BCUT2D eigenvalue weighted by Gasteiger charge is -2.31. The van der Waals surface area contributed by atoms with E-state index in [0.29, 0.717) is 20.1 Å². The summed E-state index contributed by atoms with van der Waals surface area (Å²) >= 11 is 24.5. The van der Waals surface area contributed by atoms with E-state index >= 15 is 0 Å². The van der Waals surface area contributed by atoms with Crippen LogP contribution in [0, 0.1) is 6.42 Å². The smallest absolute Gasteiger partial charge is 0.0595 e. The highest BCUT2D eigenvalue weighted by atomic mass is 35.5. The molecule has 0 heterocycles. The van der Waals surface area contributed by atoms with Crippen molar-refractivity contribution in [2.45, 2.75) is 32.1 Å². The topological polar surface area (TPSA) is 0 Å². The van der Waals surface area contributed by atoms with Crippen LogP contribution >= 0.6 is 46.4 Å². The number of unbranched alkanes of at least 4 members (excludes halogenated alkanes) is 1. The Balaban J connectivity index is 2.55. The van der Waals surface area contributed by atoms with Crippen LogP contribution in [0.3, 0.4) is 0 Å². The summed E-state index contributed by atoms with van der Waals surface area (Å²) in [5.74, 6) is 0. The van der Waals surface area contributed by atoms with E-state index < -0.39 is 0 Å². The molecule has 117 valence electrons. The number of benzene rings is 2. The minimum Gasteiger partial charge on any atom is -0.0827 e. The molecule has 0 fully saturated rings. The third-order valence-electron chi connectivity index (χ3n) is 3.88. The Morgan fingerprint density at radius 1 is 0.818 bits per heavy atom. The normalized spacial score (nSPS) is 11.7. The van der Waals surface area contributed by atoms with E-state index in [-0.39, 0.29) is 5.41 Å². The summed E-state index contributed by atoms with van der Waals surface area (Å²) in [6, 6.07) is 11.5. The standard InChI is InChI=1S/C18H17Cl4/c1-3-4-9-18(2,12-5-7-14(19)16(21)10-12)13-6-8-15(20)17(22)11-13/h5-11H,3-4H2,1-2H3. The van der Waals surface area contributed by atoms with Gasteiger partial charge in [-0.1, -0.05) is 78.8 Å². The van der Waals surface area contributed by atoms with Crippen molar-refractivity contribution in [3.05, 3.63) is 74.0 Å². The molecule has 0 nitrogen and oxygen atoms in total. The highest BCUT2D eigenvalue weighted by Gasteiger charge is 2.29. The van der Waals surface area contributed by atoms with Crippen molar-refractivity contribution in [1.29, 1.82) is 0 Å². The molecule has 0 N–H and O–H groups in total. The SMILES string of the molecule is CCC[CH]C(C)(c1ccc(Cl)c(Cl)c1)c1ccc(Cl)c(Cl)c1. The predicted octanol–water partition coefficient (Wildman–Crippen LogP) is 7.61. The molecule has 2 aromatic carbocycles. The van der Waals surface area contributed by atoms with Crippen LogP contribution in [-0.2, 0) is 5.41 Å². The van der Waals surface area contributed by atoms with Crippen molar-refractivity contribution in [3.63, 3.8) is 0 Å². The van der Waals surface area contributed by atoms with Gasteiger partial charge >= 0.3 is 0 Å². The van der Waals surface area contributed by atoms with Gasteiger partial charge in [0.1, 0.15) is 0 Å². The first-order valence-electron chi connectivity index (χ1n) is 7.14. The Morgan fingerprint density at radius 3 is 1.64 bits per heavy atom. The molecule has 2 rings (SSSR count). The Kier molecular flexibility index (Phi) is 6.07. The van der Waals surface area contributed by atoms with Gasteiger partial charge in [-0.2, -0.15) is 0 Å². The minimum atomic E-state index is -0.307. The van der Waals surface area contributed by atoms with Crippen LogP contribution in [-0.4, -0.2) is 0 Å². The molecule has 2 aromatic rings. The number of halogens is 4. The lowest BCUT2D eigenvalue weighted by Crippen LogP contribution is -2.24. The Labute approximate surface area is 152 Å². The van der Waals surface area contributed by atoms with E-state index in [1.54, 1.807) is 0 Å². The maximum absolute atomic E-state index is 6.20. The zero-order valence-corrected chi connectivity index (χ0v) is 15.5. The summed E-state index contributed by atoms with van der Waals surface area (Å²) in [4.78, 5) is 0. The summed E-state index contributed by atoms with van der Waals surface area (Å²) < 4.78 is 0. The molecule has 0 bridgehead atoms. The molecule has 0 aliphatic rings. The number of hydrogen-bond donors (Lipinski definition) is 0. The van der Waals surface area contributed by atoms with E-state index in [0.717, 1.165) is 24.0 Å². The van der Waals surface area contributed by atoms with Crippen molar-refractivity contribution in [2.24, 2.45) is 0 Å². The highest BCUT2D eigenvalue weighted by Crippen LogP contribution is 2.40. The minimum absolute atomic E-state index is 0.307. The lowest BCUT2D eigenvalue weighted by atomic mass is 9.73. The highest BCUT2D eigenvalue weighted by molar-refractivity contribution is 6.42. The van der Waals surface area contributed by atoms with Gasteiger partial charge in [0, 0.05) is 5.41 Å². The van der Waals surface area contributed by atoms with Crippen LogP contribution in [0.5, 0.6) is 0 Å². The summed E-state index contributed by atoms with van der Waals surface area (Å²) in [7, 11) is 0. The van der Waals surface area contributed by atoms with Crippen molar-refractivity contribution in [3.8, 4) is 0 Å². The van der Waals surface area contributed by atoms with Gasteiger partial charge < -0.3 is 0 Å². The quantitative estimate of drug-likeness (QED) is 0.505. The maximum atomic E-state index is 6.20. The van der Waals surface area contributed by atoms with E-state index in [2.05, 4.69) is 20.3 Å². The predicted molar refractivity (Wildman–Crippen MR) is 98.6 cm³/mol. The summed E-state index contributed by atoms with van der Waals surface area (Å²) in [5.41, 5.74) is 1.85. The van der Waals surface area contributed by atoms with Crippen molar-refractivity contribution >= 4 is 46.4 Å². The molecule has 0 unspecified atom stereocenters. The van der Waals surface area contributed by atoms with Gasteiger partial charge in [-0.15, -0.1) is 0 Å². The molecule has 0 atom stereocenters. The molecule has 0 amide bonds. The molecule has 4 heteroatoms. The van der Waals surface area contributed by atoms with Gasteiger partial charge in [0.25, 0.3) is 0 Å². The first-order valence-corrected chi connectivity index (χ1v) is 8.65. The molecule has 0 saturated heterocycles. The lowest BCUT2D eigenvalue weighted by molar-refractivity contribution is 0.621. The first kappa shape index (κ1) is 17.9. The van der Waals surface area contributed by atoms with Crippen LogP contribution in [0.25, 0.3) is 0 Å². The van der Waals surface area contributed by atoms with Gasteiger partial charge in [-0.05, 0) is 48.2 Å². The average Bonchev–Trinajstić information content (AvgIpc) is 2.50. The number of hydrogen-bond acceptors (Lipinski definition) is 0. The molecule has 1 radical (unpaired) electrons. The molecule has 0 aliphatic carbocycles. The van der Waals surface area contributed by atoms with Crippen LogP contribution in [0.1, 0.15) is 37.8 Å². The second kappa shape index (κ2) is 7.45. The maximum Gasteiger partial charge on any atom is 0.0595 e. The summed E-state index contributed by atoms with van der Waals surface area (Å²) in [5, 5.41) is 2.21. The van der Waals surface area contributed by atoms with Gasteiger partial charge in [0.05, 0.1) is 20.1 Å². The van der Waals surface area contributed by atoms with Gasteiger partial charge in [-0.25, -0.2) is 0 Å². The molecular formula is C18H17Cl4. The van der Waals surface area contributed by atoms with Gasteiger partial charge in [-0.3, -0.25) is 0 Å². The van der Waals surface area contributed by atoms with Crippen molar-refractivity contribution in [1.82, 2.24) is 0 Å². The Morgan fingerprint density at radius 2 is 1.27 bits per heavy atom. The second-order valence-electron chi connectivity index (χ2n) is 5.45. The molecule has 0 aromatic heterocycles.